The molecule has 0 saturated heterocycles. The van der Waals surface area contributed by atoms with Crippen molar-refractivity contribution in [2.45, 2.75) is 26.3 Å². The summed E-state index contributed by atoms with van der Waals surface area (Å²) < 4.78 is 6.31. The summed E-state index contributed by atoms with van der Waals surface area (Å²) >= 11 is 3.49. The zero-order chi connectivity index (χ0) is 15.9. The number of amides is 1. The highest BCUT2D eigenvalue weighted by atomic mass is 79.9. The lowest BCUT2D eigenvalue weighted by Gasteiger charge is -2.23. The number of nitrogens with zero attached hydrogens (tertiary/aromatic N) is 1. The molecule has 1 amide bonds. The van der Waals surface area contributed by atoms with Crippen molar-refractivity contribution < 1.29 is 9.53 Å². The molecule has 2 aromatic rings. The predicted molar refractivity (Wildman–Crippen MR) is 91.8 cm³/mol. The Kier molecular flexibility index (Phi) is 3.96. The quantitative estimate of drug-likeness (QED) is 0.797. The number of ether oxygens (including phenoxy) is 1. The lowest BCUT2D eigenvalue weighted by Crippen LogP contribution is -2.35. The summed E-state index contributed by atoms with van der Waals surface area (Å²) in [6.07, 6.45) is 0.885. The molecule has 0 saturated carbocycles. The Bertz CT molecular complexity index is 742. The van der Waals surface area contributed by atoms with Crippen molar-refractivity contribution in [2.75, 3.05) is 12.0 Å². The molecule has 0 aliphatic carbocycles. The Morgan fingerprint density at radius 2 is 2.05 bits per heavy atom. The van der Waals surface area contributed by atoms with E-state index in [0.29, 0.717) is 5.56 Å². The third kappa shape index (κ3) is 2.52. The molecule has 0 N–H and O–H groups in total. The Morgan fingerprint density at radius 1 is 1.27 bits per heavy atom. The third-order valence-corrected chi connectivity index (χ3v) is 4.61. The zero-order valence-electron chi connectivity index (χ0n) is 12.9. The highest BCUT2D eigenvalue weighted by Gasteiger charge is 2.31. The summed E-state index contributed by atoms with van der Waals surface area (Å²) in [6, 6.07) is 11.8. The summed E-state index contributed by atoms with van der Waals surface area (Å²) in [6.45, 7) is 4.04. The van der Waals surface area contributed by atoms with Gasteiger partial charge in [0.05, 0.1) is 7.11 Å². The first-order valence-electron chi connectivity index (χ1n) is 7.28. The third-order valence-electron chi connectivity index (χ3n) is 4.12. The number of fused-ring (bicyclic) bond motifs is 1. The first-order chi connectivity index (χ1) is 10.5. The average Bonchev–Trinajstić information content (AvgIpc) is 2.81. The molecule has 0 unspecified atom stereocenters. The van der Waals surface area contributed by atoms with Crippen LogP contribution in [0.5, 0.6) is 5.75 Å². The summed E-state index contributed by atoms with van der Waals surface area (Å²) in [5.74, 6) is 0.842. The molecule has 3 nitrogen and oxygen atoms in total. The molecular formula is C18H18BrNO2. The zero-order valence-corrected chi connectivity index (χ0v) is 14.5. The monoisotopic (exact) mass is 359 g/mol. The number of anilines is 1. The highest BCUT2D eigenvalue weighted by Crippen LogP contribution is 2.35. The van der Waals surface area contributed by atoms with Gasteiger partial charge in [-0.2, -0.15) is 0 Å². The molecule has 1 heterocycles. The van der Waals surface area contributed by atoms with Gasteiger partial charge in [-0.25, -0.2) is 0 Å². The minimum Gasteiger partial charge on any atom is -0.496 e. The van der Waals surface area contributed by atoms with Crippen LogP contribution in [0.3, 0.4) is 0 Å². The van der Waals surface area contributed by atoms with Crippen molar-refractivity contribution in [3.63, 3.8) is 0 Å². The van der Waals surface area contributed by atoms with E-state index >= 15 is 0 Å². The number of rotatable bonds is 2. The predicted octanol–water partition coefficient (Wildman–Crippen LogP) is 4.36. The highest BCUT2D eigenvalue weighted by molar-refractivity contribution is 9.10. The topological polar surface area (TPSA) is 29.5 Å². The van der Waals surface area contributed by atoms with Crippen LogP contribution in [-0.2, 0) is 6.42 Å². The fourth-order valence-corrected chi connectivity index (χ4v) is 3.47. The molecule has 0 spiro atoms. The summed E-state index contributed by atoms with van der Waals surface area (Å²) in [5, 5.41) is 0. The summed E-state index contributed by atoms with van der Waals surface area (Å²) in [4.78, 5) is 14.8. The van der Waals surface area contributed by atoms with E-state index in [1.165, 1.54) is 5.56 Å². The number of methoxy groups -OCH3 is 1. The van der Waals surface area contributed by atoms with Crippen molar-refractivity contribution in [1.82, 2.24) is 0 Å². The molecule has 22 heavy (non-hydrogen) atoms. The maximum atomic E-state index is 12.9. The van der Waals surface area contributed by atoms with E-state index in [1.807, 2.05) is 42.2 Å². The molecule has 2 aromatic carbocycles. The fraction of sp³-hybridized carbons (Fsp3) is 0.278. The van der Waals surface area contributed by atoms with Crippen molar-refractivity contribution in [1.29, 1.82) is 0 Å². The first-order valence-corrected chi connectivity index (χ1v) is 8.07. The molecule has 1 aliphatic heterocycles. The van der Waals surface area contributed by atoms with Gasteiger partial charge in [0.2, 0.25) is 0 Å². The number of halogens is 1. The molecule has 0 aromatic heterocycles. The molecule has 0 fully saturated rings. The molecule has 3 rings (SSSR count). The molecule has 1 aliphatic rings. The Hall–Kier alpha value is -1.81. The van der Waals surface area contributed by atoms with Gasteiger partial charge in [-0.15, -0.1) is 0 Å². The summed E-state index contributed by atoms with van der Waals surface area (Å²) in [5.41, 5.74) is 3.88. The smallest absolute Gasteiger partial charge is 0.258 e. The Morgan fingerprint density at radius 3 is 2.73 bits per heavy atom. The Labute approximate surface area is 139 Å². The number of carbonyl (C=O) groups excluding carboxylic acids is 1. The lowest BCUT2D eigenvalue weighted by molar-refractivity contribution is 0.0981. The second kappa shape index (κ2) is 5.76. The van der Waals surface area contributed by atoms with Crippen molar-refractivity contribution in [3.05, 3.63) is 57.6 Å². The van der Waals surface area contributed by atoms with E-state index in [9.17, 15) is 4.79 Å². The number of hydrogen-bond donors (Lipinski definition) is 0. The normalized spacial score (nSPS) is 16.5. The van der Waals surface area contributed by atoms with Gasteiger partial charge in [0.25, 0.3) is 5.91 Å². The Balaban J connectivity index is 1.98. The van der Waals surface area contributed by atoms with Crippen molar-refractivity contribution >= 4 is 27.5 Å². The molecule has 0 bridgehead atoms. The van der Waals surface area contributed by atoms with E-state index in [1.54, 1.807) is 7.11 Å². The molecule has 4 heteroatoms. The fourth-order valence-electron chi connectivity index (χ4n) is 3.06. The maximum Gasteiger partial charge on any atom is 0.258 e. The van der Waals surface area contributed by atoms with Gasteiger partial charge in [0, 0.05) is 21.8 Å². The van der Waals surface area contributed by atoms with Crippen molar-refractivity contribution in [3.8, 4) is 5.75 Å². The number of aryl methyl sites for hydroxylation is 1. The van der Waals surface area contributed by atoms with Crippen LogP contribution in [0.1, 0.15) is 28.4 Å². The maximum absolute atomic E-state index is 12.9. The van der Waals surface area contributed by atoms with Crippen LogP contribution < -0.4 is 9.64 Å². The van der Waals surface area contributed by atoms with Crippen molar-refractivity contribution in [2.24, 2.45) is 0 Å². The molecular weight excluding hydrogens is 342 g/mol. The van der Waals surface area contributed by atoms with Gasteiger partial charge < -0.3 is 9.64 Å². The van der Waals surface area contributed by atoms with Gasteiger partial charge in [-0.1, -0.05) is 15.9 Å². The van der Waals surface area contributed by atoms with E-state index in [-0.39, 0.29) is 11.9 Å². The second-order valence-electron chi connectivity index (χ2n) is 5.69. The van der Waals surface area contributed by atoms with Crippen LogP contribution in [0, 0.1) is 6.92 Å². The number of benzene rings is 2. The second-order valence-corrected chi connectivity index (χ2v) is 6.60. The first kappa shape index (κ1) is 15.1. The van der Waals surface area contributed by atoms with Gasteiger partial charge in [-0.05, 0) is 67.8 Å². The van der Waals surface area contributed by atoms with Crippen LogP contribution in [0.2, 0.25) is 0 Å². The van der Waals surface area contributed by atoms with Gasteiger partial charge >= 0.3 is 0 Å². The minimum absolute atomic E-state index is 0.0410. The number of hydrogen-bond acceptors (Lipinski definition) is 2. The largest absolute Gasteiger partial charge is 0.496 e. The van der Waals surface area contributed by atoms with Crippen LogP contribution in [0.4, 0.5) is 5.69 Å². The van der Waals surface area contributed by atoms with Crippen LogP contribution >= 0.6 is 15.9 Å². The van der Waals surface area contributed by atoms with Gasteiger partial charge in [-0.3, -0.25) is 4.79 Å². The van der Waals surface area contributed by atoms with E-state index < -0.39 is 0 Å². The van der Waals surface area contributed by atoms with E-state index in [4.69, 9.17) is 4.74 Å². The minimum atomic E-state index is 0.0410. The standard InChI is InChI=1S/C18H18BrNO2/c1-11-8-13(4-7-17(11)22-3)18(21)20-12(2)9-14-10-15(19)5-6-16(14)20/h4-8,10,12H,9H2,1-3H3/t12-/m1/s1. The van der Waals surface area contributed by atoms with E-state index in [0.717, 1.165) is 27.9 Å². The summed E-state index contributed by atoms with van der Waals surface area (Å²) in [7, 11) is 1.64. The van der Waals surface area contributed by atoms with Gasteiger partial charge in [0.1, 0.15) is 5.75 Å². The van der Waals surface area contributed by atoms with Crippen LogP contribution in [0.25, 0.3) is 0 Å². The van der Waals surface area contributed by atoms with Crippen LogP contribution in [0.15, 0.2) is 40.9 Å². The average molecular weight is 360 g/mol. The number of carbonyl (C=O) groups is 1. The lowest BCUT2D eigenvalue weighted by atomic mass is 10.1. The SMILES string of the molecule is COc1ccc(C(=O)N2c3ccc(Br)cc3C[C@H]2C)cc1C. The molecule has 114 valence electrons. The van der Waals surface area contributed by atoms with E-state index in [2.05, 4.69) is 28.9 Å². The van der Waals surface area contributed by atoms with Crippen LogP contribution in [-0.4, -0.2) is 19.1 Å². The van der Waals surface area contributed by atoms with Gasteiger partial charge in [0.15, 0.2) is 0 Å². The molecule has 0 radical (unpaired) electrons. The molecule has 1 atom stereocenters.